The average Bonchev–Trinajstić information content (AvgIpc) is 3.11. The molecule has 2 heterocycles. The first-order chi connectivity index (χ1) is 13.6. The number of benzene rings is 2. The third-order valence-corrected chi connectivity index (χ3v) is 5.34. The Kier molecular flexibility index (Phi) is 5.30. The van der Waals surface area contributed by atoms with Crippen molar-refractivity contribution in [2.24, 2.45) is 5.92 Å². The molecular formula is C22H22N4OS. The Morgan fingerprint density at radius 3 is 2.50 bits per heavy atom. The Bertz CT molecular complexity index is 1090. The summed E-state index contributed by atoms with van der Waals surface area (Å²) in [6.45, 7) is 4.42. The third-order valence-electron chi connectivity index (χ3n) is 4.47. The lowest BCUT2D eigenvalue weighted by atomic mass is 10.1. The maximum Gasteiger partial charge on any atom is 0.254 e. The molecule has 142 valence electrons. The van der Waals surface area contributed by atoms with Gasteiger partial charge in [-0.15, -0.1) is 5.10 Å². The molecule has 0 aliphatic heterocycles. The molecule has 0 bridgehead atoms. The molecule has 4 rings (SSSR count). The molecular weight excluding hydrogens is 368 g/mol. The molecule has 0 radical (unpaired) electrons. The highest BCUT2D eigenvalue weighted by molar-refractivity contribution is 7.99. The fourth-order valence-corrected chi connectivity index (χ4v) is 3.99. The van der Waals surface area contributed by atoms with Crippen molar-refractivity contribution in [3.05, 3.63) is 60.7 Å². The van der Waals surface area contributed by atoms with Crippen molar-refractivity contribution in [3.63, 3.8) is 0 Å². The lowest BCUT2D eigenvalue weighted by Gasteiger charge is -2.09. The number of thioether (sulfide) groups is 1. The fourth-order valence-electron chi connectivity index (χ4n) is 2.94. The highest BCUT2D eigenvalue weighted by Gasteiger charge is 2.16. The van der Waals surface area contributed by atoms with Gasteiger partial charge in [-0.2, -0.15) is 9.50 Å². The van der Waals surface area contributed by atoms with Gasteiger partial charge in [0, 0.05) is 16.9 Å². The van der Waals surface area contributed by atoms with Crippen molar-refractivity contribution in [3.8, 4) is 28.3 Å². The molecule has 0 spiro atoms. The predicted octanol–water partition coefficient (Wildman–Crippen LogP) is 5.30. The van der Waals surface area contributed by atoms with Gasteiger partial charge in [0.15, 0.2) is 0 Å². The van der Waals surface area contributed by atoms with E-state index in [4.69, 9.17) is 4.98 Å². The molecule has 0 aliphatic rings. The van der Waals surface area contributed by atoms with Crippen LogP contribution in [0, 0.1) is 5.92 Å². The number of para-hydroxylation sites is 1. The van der Waals surface area contributed by atoms with E-state index in [0.717, 1.165) is 29.1 Å². The lowest BCUT2D eigenvalue weighted by molar-refractivity contribution is 0.477. The summed E-state index contributed by atoms with van der Waals surface area (Å²) >= 11 is 1.64. The Balaban J connectivity index is 1.84. The van der Waals surface area contributed by atoms with Crippen molar-refractivity contribution in [1.29, 1.82) is 0 Å². The van der Waals surface area contributed by atoms with Crippen LogP contribution in [0.1, 0.15) is 20.3 Å². The number of aromatic nitrogens is 4. The molecule has 0 atom stereocenters. The van der Waals surface area contributed by atoms with Crippen molar-refractivity contribution < 1.29 is 5.11 Å². The maximum absolute atomic E-state index is 10.4. The van der Waals surface area contributed by atoms with Crippen molar-refractivity contribution >= 4 is 17.5 Å². The van der Waals surface area contributed by atoms with Crippen LogP contribution in [0.4, 0.5) is 0 Å². The van der Waals surface area contributed by atoms with E-state index in [-0.39, 0.29) is 5.75 Å². The summed E-state index contributed by atoms with van der Waals surface area (Å²) in [6.07, 6.45) is 1.11. The van der Waals surface area contributed by atoms with E-state index in [1.54, 1.807) is 22.3 Å². The molecule has 0 aliphatic carbocycles. The van der Waals surface area contributed by atoms with Gasteiger partial charge in [0.25, 0.3) is 5.78 Å². The Morgan fingerprint density at radius 2 is 1.75 bits per heavy atom. The van der Waals surface area contributed by atoms with Crippen LogP contribution in [0.25, 0.3) is 28.3 Å². The molecule has 4 aromatic rings. The van der Waals surface area contributed by atoms with Crippen LogP contribution in [0.3, 0.4) is 0 Å². The Morgan fingerprint density at radius 1 is 1.00 bits per heavy atom. The van der Waals surface area contributed by atoms with Gasteiger partial charge in [-0.1, -0.05) is 68.1 Å². The van der Waals surface area contributed by atoms with Crippen LogP contribution in [0.5, 0.6) is 5.75 Å². The second kappa shape index (κ2) is 8.02. The van der Waals surface area contributed by atoms with Gasteiger partial charge < -0.3 is 5.11 Å². The van der Waals surface area contributed by atoms with Gasteiger partial charge in [0.1, 0.15) is 5.75 Å². The summed E-state index contributed by atoms with van der Waals surface area (Å²) in [5.74, 6) is 2.35. The molecule has 6 heteroatoms. The molecule has 0 unspecified atom stereocenters. The van der Waals surface area contributed by atoms with Gasteiger partial charge in [0.2, 0.25) is 5.16 Å². The fraction of sp³-hybridized carbons (Fsp3) is 0.227. The third kappa shape index (κ3) is 3.87. The zero-order valence-electron chi connectivity index (χ0n) is 15.9. The van der Waals surface area contributed by atoms with Gasteiger partial charge >= 0.3 is 0 Å². The van der Waals surface area contributed by atoms with Crippen LogP contribution in [-0.2, 0) is 0 Å². The molecule has 5 nitrogen and oxygen atoms in total. The lowest BCUT2D eigenvalue weighted by Crippen LogP contribution is -1.99. The van der Waals surface area contributed by atoms with Crippen LogP contribution in [0.15, 0.2) is 65.8 Å². The topological polar surface area (TPSA) is 63.3 Å². The number of hydrogen-bond acceptors (Lipinski definition) is 5. The minimum atomic E-state index is 0.207. The largest absolute Gasteiger partial charge is 0.507 e. The first-order valence-corrected chi connectivity index (χ1v) is 10.3. The van der Waals surface area contributed by atoms with E-state index in [9.17, 15) is 5.11 Å². The standard InChI is InChI=1S/C22H22N4OS/c1-15(2)12-13-28-22-24-21-23-18(16-8-4-3-5-9-16)14-19(26(21)25-22)17-10-6-7-11-20(17)27/h3-11,14-15,27H,12-13H2,1-2H3. The number of hydrogen-bond donors (Lipinski definition) is 1. The SMILES string of the molecule is CC(C)CCSc1nc2nc(-c3ccccc3)cc(-c3ccccc3O)n2n1. The van der Waals surface area contributed by atoms with Crippen LogP contribution < -0.4 is 0 Å². The average molecular weight is 391 g/mol. The minimum absolute atomic E-state index is 0.207. The molecule has 2 aromatic carbocycles. The van der Waals surface area contributed by atoms with Gasteiger partial charge in [0.05, 0.1) is 11.4 Å². The monoisotopic (exact) mass is 390 g/mol. The normalized spacial score (nSPS) is 11.4. The first-order valence-electron chi connectivity index (χ1n) is 9.36. The highest BCUT2D eigenvalue weighted by atomic mass is 32.2. The number of aromatic hydroxyl groups is 1. The smallest absolute Gasteiger partial charge is 0.254 e. The molecule has 1 N–H and O–H groups in total. The van der Waals surface area contributed by atoms with Crippen LogP contribution in [-0.4, -0.2) is 30.4 Å². The van der Waals surface area contributed by atoms with E-state index in [1.807, 2.05) is 54.6 Å². The predicted molar refractivity (Wildman–Crippen MR) is 113 cm³/mol. The Labute approximate surface area is 168 Å². The number of phenols is 1. The van der Waals surface area contributed by atoms with Crippen molar-refractivity contribution in [2.45, 2.75) is 25.4 Å². The molecule has 0 saturated carbocycles. The second-order valence-corrected chi connectivity index (χ2v) is 8.11. The summed E-state index contributed by atoms with van der Waals surface area (Å²) in [5.41, 5.74) is 3.28. The molecule has 0 fully saturated rings. The second-order valence-electron chi connectivity index (χ2n) is 7.05. The number of rotatable bonds is 6. The van der Waals surface area contributed by atoms with E-state index in [2.05, 4.69) is 23.9 Å². The zero-order valence-corrected chi connectivity index (χ0v) is 16.7. The quantitative estimate of drug-likeness (QED) is 0.453. The number of nitrogens with zero attached hydrogens (tertiary/aromatic N) is 4. The van der Waals surface area contributed by atoms with Gasteiger partial charge in [-0.3, -0.25) is 0 Å². The summed E-state index contributed by atoms with van der Waals surface area (Å²) in [4.78, 5) is 9.35. The van der Waals surface area contributed by atoms with E-state index >= 15 is 0 Å². The molecule has 28 heavy (non-hydrogen) atoms. The van der Waals surface area contributed by atoms with Crippen LogP contribution >= 0.6 is 11.8 Å². The molecule has 0 amide bonds. The zero-order chi connectivity index (χ0) is 19.5. The van der Waals surface area contributed by atoms with Crippen molar-refractivity contribution in [1.82, 2.24) is 19.6 Å². The Hall–Kier alpha value is -2.86. The summed E-state index contributed by atoms with van der Waals surface area (Å²) in [5, 5.41) is 15.8. The maximum atomic E-state index is 10.4. The van der Waals surface area contributed by atoms with E-state index in [1.165, 1.54) is 0 Å². The number of fused-ring (bicyclic) bond motifs is 1. The first kappa shape index (κ1) is 18.5. The number of phenolic OH excluding ortho intramolecular Hbond substituents is 1. The molecule has 2 aromatic heterocycles. The van der Waals surface area contributed by atoms with Gasteiger partial charge in [-0.25, -0.2) is 4.98 Å². The van der Waals surface area contributed by atoms with Crippen molar-refractivity contribution in [2.75, 3.05) is 5.75 Å². The summed E-state index contributed by atoms with van der Waals surface area (Å²) in [6, 6.07) is 19.2. The summed E-state index contributed by atoms with van der Waals surface area (Å²) in [7, 11) is 0. The highest BCUT2D eigenvalue weighted by Crippen LogP contribution is 2.32. The van der Waals surface area contributed by atoms with Crippen LogP contribution in [0.2, 0.25) is 0 Å². The minimum Gasteiger partial charge on any atom is -0.507 e. The molecule has 0 saturated heterocycles. The van der Waals surface area contributed by atoms with Gasteiger partial charge in [-0.05, 0) is 30.5 Å². The summed E-state index contributed by atoms with van der Waals surface area (Å²) < 4.78 is 1.72. The van der Waals surface area contributed by atoms with E-state index < -0.39 is 0 Å². The van der Waals surface area contributed by atoms with E-state index in [0.29, 0.717) is 22.4 Å².